The van der Waals surface area contributed by atoms with Gasteiger partial charge in [-0.1, -0.05) is 0 Å². The number of carbonyl (C=O) groups excluding carboxylic acids is 1. The van der Waals surface area contributed by atoms with Crippen LogP contribution in [-0.2, 0) is 14.6 Å². The zero-order valence-electron chi connectivity index (χ0n) is 13.1. The predicted molar refractivity (Wildman–Crippen MR) is 97.4 cm³/mol. The molecule has 2 aliphatic rings. The molecule has 0 aromatic carbocycles. The van der Waals surface area contributed by atoms with Gasteiger partial charge in [-0.15, -0.1) is 24.0 Å². The van der Waals surface area contributed by atoms with Crippen molar-refractivity contribution < 1.29 is 13.2 Å². The lowest BCUT2D eigenvalue weighted by molar-refractivity contribution is -0.119. The smallest absolute Gasteiger partial charge is 0.220 e. The zero-order chi connectivity index (χ0) is 15.5. The first-order valence-corrected chi connectivity index (χ1v) is 9.30. The van der Waals surface area contributed by atoms with Crippen molar-refractivity contribution in [2.75, 3.05) is 45.2 Å². The summed E-state index contributed by atoms with van der Waals surface area (Å²) >= 11 is 0. The molecule has 2 rings (SSSR count). The second-order valence-electron chi connectivity index (χ2n) is 6.08. The van der Waals surface area contributed by atoms with Crippen LogP contribution in [0.2, 0.25) is 0 Å². The number of rotatable bonds is 3. The Kier molecular flexibility index (Phi) is 6.90. The molecule has 0 bridgehead atoms. The number of guanidine groups is 1. The minimum absolute atomic E-state index is 0. The van der Waals surface area contributed by atoms with E-state index >= 15 is 0 Å². The Hall–Kier alpha value is -0.580. The molecule has 2 fully saturated rings. The van der Waals surface area contributed by atoms with Gasteiger partial charge < -0.3 is 15.5 Å². The Morgan fingerprint density at radius 1 is 1.50 bits per heavy atom. The van der Waals surface area contributed by atoms with Crippen LogP contribution in [0.4, 0.5) is 0 Å². The van der Waals surface area contributed by atoms with Crippen LogP contribution in [-0.4, -0.2) is 70.4 Å². The van der Waals surface area contributed by atoms with Crippen molar-refractivity contribution in [3.05, 3.63) is 0 Å². The van der Waals surface area contributed by atoms with Crippen LogP contribution in [0.1, 0.15) is 19.3 Å². The summed E-state index contributed by atoms with van der Waals surface area (Å²) in [6.45, 7) is 2.74. The minimum Gasteiger partial charge on any atom is -0.355 e. The summed E-state index contributed by atoms with van der Waals surface area (Å²) < 4.78 is 22.4. The Morgan fingerprint density at radius 2 is 2.23 bits per heavy atom. The largest absolute Gasteiger partial charge is 0.355 e. The molecule has 22 heavy (non-hydrogen) atoms. The zero-order valence-corrected chi connectivity index (χ0v) is 16.2. The van der Waals surface area contributed by atoms with E-state index in [9.17, 15) is 13.2 Å². The van der Waals surface area contributed by atoms with E-state index in [-0.39, 0.29) is 41.1 Å². The van der Waals surface area contributed by atoms with E-state index in [2.05, 4.69) is 20.5 Å². The fraction of sp³-hybridized carbons (Fsp3) is 0.846. The summed E-state index contributed by atoms with van der Waals surface area (Å²) in [5.41, 5.74) is 0.00376. The highest BCUT2D eigenvalue weighted by atomic mass is 127. The number of hydrogen-bond donors (Lipinski definition) is 2. The van der Waals surface area contributed by atoms with Crippen LogP contribution in [0, 0.1) is 5.41 Å². The Morgan fingerprint density at radius 3 is 2.77 bits per heavy atom. The first-order valence-electron chi connectivity index (χ1n) is 7.24. The van der Waals surface area contributed by atoms with Gasteiger partial charge in [0.2, 0.25) is 5.91 Å². The third-order valence-corrected chi connectivity index (χ3v) is 5.07. The van der Waals surface area contributed by atoms with Gasteiger partial charge in [0.25, 0.3) is 0 Å². The number of piperidine rings is 1. The summed E-state index contributed by atoms with van der Waals surface area (Å²) in [4.78, 5) is 17.9. The van der Waals surface area contributed by atoms with Crippen LogP contribution >= 0.6 is 24.0 Å². The molecule has 2 heterocycles. The van der Waals surface area contributed by atoms with Gasteiger partial charge >= 0.3 is 0 Å². The summed E-state index contributed by atoms with van der Waals surface area (Å²) in [5, 5.41) is 6.02. The van der Waals surface area contributed by atoms with Crippen LogP contribution in [0.5, 0.6) is 0 Å². The molecule has 1 unspecified atom stereocenters. The van der Waals surface area contributed by atoms with Crippen molar-refractivity contribution in [3.63, 3.8) is 0 Å². The monoisotopic (exact) mass is 444 g/mol. The van der Waals surface area contributed by atoms with E-state index in [1.54, 1.807) is 7.05 Å². The normalized spacial score (nSPS) is 25.8. The van der Waals surface area contributed by atoms with E-state index < -0.39 is 9.84 Å². The van der Waals surface area contributed by atoms with Crippen molar-refractivity contribution in [3.8, 4) is 0 Å². The second kappa shape index (κ2) is 7.80. The Bertz CT molecular complexity index is 537. The lowest BCUT2D eigenvalue weighted by Crippen LogP contribution is -2.51. The molecule has 1 atom stereocenters. The lowest BCUT2D eigenvalue weighted by atomic mass is 9.79. The molecule has 2 aliphatic heterocycles. The molecule has 0 aromatic rings. The summed E-state index contributed by atoms with van der Waals surface area (Å²) in [5.74, 6) is 0.930. The first kappa shape index (κ1) is 19.5. The average molecular weight is 444 g/mol. The van der Waals surface area contributed by atoms with Crippen LogP contribution in [0.15, 0.2) is 4.99 Å². The SMILES string of the molecule is CN=C(NCCS(C)(=O)=O)N1CCCC2(CNC(=O)C2)C1.I. The molecule has 7 nitrogen and oxygen atoms in total. The number of aliphatic imine (C=N–C) groups is 1. The molecular weight excluding hydrogens is 419 g/mol. The number of sulfone groups is 1. The molecule has 2 N–H and O–H groups in total. The summed E-state index contributed by atoms with van der Waals surface area (Å²) in [7, 11) is -1.28. The van der Waals surface area contributed by atoms with E-state index in [0.29, 0.717) is 13.0 Å². The quantitative estimate of drug-likeness (QED) is 0.358. The highest BCUT2D eigenvalue weighted by Crippen LogP contribution is 2.35. The van der Waals surface area contributed by atoms with Gasteiger partial charge in [0.1, 0.15) is 9.84 Å². The maximum absolute atomic E-state index is 11.5. The van der Waals surface area contributed by atoms with Gasteiger partial charge in [0.05, 0.1) is 5.75 Å². The Labute approximate surface area is 149 Å². The van der Waals surface area contributed by atoms with Gasteiger partial charge in [-0.05, 0) is 12.8 Å². The molecule has 0 aliphatic carbocycles. The van der Waals surface area contributed by atoms with E-state index in [4.69, 9.17) is 0 Å². The van der Waals surface area contributed by atoms with Crippen LogP contribution < -0.4 is 10.6 Å². The van der Waals surface area contributed by atoms with Gasteiger partial charge in [-0.3, -0.25) is 9.79 Å². The van der Waals surface area contributed by atoms with Crippen molar-refractivity contribution in [1.82, 2.24) is 15.5 Å². The lowest BCUT2D eigenvalue weighted by Gasteiger charge is -2.40. The molecule has 9 heteroatoms. The summed E-state index contributed by atoms with van der Waals surface area (Å²) in [6, 6.07) is 0. The number of halogens is 1. The van der Waals surface area contributed by atoms with Crippen molar-refractivity contribution in [2.45, 2.75) is 19.3 Å². The average Bonchev–Trinajstić information content (AvgIpc) is 2.74. The number of likely N-dealkylation sites (tertiary alicyclic amines) is 1. The van der Waals surface area contributed by atoms with Gasteiger partial charge in [0, 0.05) is 51.3 Å². The third kappa shape index (κ3) is 5.25. The van der Waals surface area contributed by atoms with Gasteiger partial charge in [-0.25, -0.2) is 8.42 Å². The Balaban J connectivity index is 0.00000242. The first-order chi connectivity index (χ1) is 9.84. The molecule has 128 valence electrons. The standard InChI is InChI=1S/C13H24N4O3S.HI/c1-14-12(15-5-7-21(2,19)20)17-6-3-4-13(10-17)8-11(18)16-9-13;/h3-10H2,1-2H3,(H,14,15)(H,16,18);1H. The topological polar surface area (TPSA) is 90.9 Å². The van der Waals surface area contributed by atoms with Gasteiger partial charge in [-0.2, -0.15) is 0 Å². The molecule has 1 amide bonds. The van der Waals surface area contributed by atoms with E-state index in [0.717, 1.165) is 38.4 Å². The van der Waals surface area contributed by atoms with Crippen LogP contribution in [0.25, 0.3) is 0 Å². The summed E-state index contributed by atoms with van der Waals surface area (Å²) in [6.07, 6.45) is 3.86. The van der Waals surface area contributed by atoms with Crippen molar-refractivity contribution in [2.24, 2.45) is 10.4 Å². The molecular formula is C13H25IN4O3S. The second-order valence-corrected chi connectivity index (χ2v) is 8.34. The fourth-order valence-corrected chi connectivity index (χ4v) is 3.58. The van der Waals surface area contributed by atoms with Gasteiger partial charge in [0.15, 0.2) is 5.96 Å². The molecule has 1 spiro atoms. The maximum atomic E-state index is 11.5. The third-order valence-electron chi connectivity index (χ3n) is 4.12. The number of amides is 1. The maximum Gasteiger partial charge on any atom is 0.220 e. The van der Waals surface area contributed by atoms with E-state index in [1.807, 2.05) is 0 Å². The molecule has 0 aromatic heterocycles. The molecule has 0 radical (unpaired) electrons. The highest BCUT2D eigenvalue weighted by Gasteiger charge is 2.42. The highest BCUT2D eigenvalue weighted by molar-refractivity contribution is 14.0. The minimum atomic E-state index is -2.98. The number of carbonyl (C=O) groups is 1. The predicted octanol–water partition coefficient (Wildman–Crippen LogP) is -0.173. The van der Waals surface area contributed by atoms with Crippen LogP contribution in [0.3, 0.4) is 0 Å². The number of nitrogens with one attached hydrogen (secondary N) is 2. The number of hydrogen-bond acceptors (Lipinski definition) is 4. The van der Waals surface area contributed by atoms with E-state index in [1.165, 1.54) is 6.26 Å². The fourth-order valence-electron chi connectivity index (χ4n) is 3.11. The molecule has 0 saturated carbocycles. The van der Waals surface area contributed by atoms with Crippen molar-refractivity contribution in [1.29, 1.82) is 0 Å². The molecule has 2 saturated heterocycles. The van der Waals surface area contributed by atoms with Crippen molar-refractivity contribution >= 4 is 45.7 Å². The number of nitrogens with zero attached hydrogens (tertiary/aromatic N) is 2.